The van der Waals surface area contributed by atoms with Gasteiger partial charge in [-0.2, -0.15) is 13.2 Å². The van der Waals surface area contributed by atoms with Gasteiger partial charge in [0.25, 0.3) is 0 Å². The Morgan fingerprint density at radius 1 is 1.33 bits per heavy atom. The van der Waals surface area contributed by atoms with Crippen LogP contribution in [0.4, 0.5) is 13.2 Å². The zero-order valence-electron chi connectivity index (χ0n) is 8.97. The molecular weight excluding hydrogens is 207 g/mol. The van der Waals surface area contributed by atoms with Gasteiger partial charge in [0.15, 0.2) is 5.69 Å². The molecule has 0 aliphatic heterocycles. The first-order valence-corrected chi connectivity index (χ1v) is 4.89. The fourth-order valence-corrected chi connectivity index (χ4v) is 1.39. The van der Waals surface area contributed by atoms with E-state index in [-0.39, 0.29) is 11.7 Å². The van der Waals surface area contributed by atoms with Crippen molar-refractivity contribution in [2.75, 3.05) is 0 Å². The van der Waals surface area contributed by atoms with Gasteiger partial charge >= 0.3 is 6.18 Å². The van der Waals surface area contributed by atoms with Crippen LogP contribution in [-0.2, 0) is 12.6 Å². The van der Waals surface area contributed by atoms with Crippen molar-refractivity contribution in [2.24, 2.45) is 0 Å². The van der Waals surface area contributed by atoms with Gasteiger partial charge in [0, 0.05) is 6.04 Å². The van der Waals surface area contributed by atoms with Crippen LogP contribution in [0.15, 0.2) is 0 Å². The topological polar surface area (TPSA) is 30.7 Å². The summed E-state index contributed by atoms with van der Waals surface area (Å²) in [6.45, 7) is 5.12. The molecule has 0 saturated carbocycles. The molecule has 0 radical (unpaired) electrons. The van der Waals surface area contributed by atoms with Crippen molar-refractivity contribution in [3.63, 3.8) is 0 Å². The Labute approximate surface area is 86.3 Å². The predicted octanol–water partition coefficient (Wildman–Crippen LogP) is 2.83. The Balaban J connectivity index is 3.21. The van der Waals surface area contributed by atoms with Crippen LogP contribution in [0.5, 0.6) is 0 Å². The van der Waals surface area contributed by atoms with Crippen LogP contribution in [-0.4, -0.2) is 15.0 Å². The van der Waals surface area contributed by atoms with Crippen LogP contribution < -0.4 is 0 Å². The Kier molecular flexibility index (Phi) is 3.36. The summed E-state index contributed by atoms with van der Waals surface area (Å²) in [5.74, 6) is 0. The molecule has 0 N–H and O–H groups in total. The summed E-state index contributed by atoms with van der Waals surface area (Å²) in [6.07, 6.45) is -3.44. The summed E-state index contributed by atoms with van der Waals surface area (Å²) >= 11 is 0. The Hall–Kier alpha value is -1.07. The number of hydrogen-bond acceptors (Lipinski definition) is 2. The van der Waals surface area contributed by atoms with Crippen LogP contribution >= 0.6 is 0 Å². The van der Waals surface area contributed by atoms with Gasteiger partial charge in [-0.05, 0) is 20.3 Å². The van der Waals surface area contributed by atoms with Gasteiger partial charge in [-0.1, -0.05) is 18.6 Å². The first-order chi connectivity index (χ1) is 6.88. The molecule has 0 amide bonds. The summed E-state index contributed by atoms with van der Waals surface area (Å²) in [5.41, 5.74) is -0.668. The molecule has 0 atom stereocenters. The van der Waals surface area contributed by atoms with Gasteiger partial charge in [-0.15, -0.1) is 5.10 Å². The number of nitrogens with zero attached hydrogens (tertiary/aromatic N) is 3. The summed E-state index contributed by atoms with van der Waals surface area (Å²) in [6, 6.07) is -0.334. The number of halogens is 3. The lowest BCUT2D eigenvalue weighted by Gasteiger charge is -2.13. The van der Waals surface area contributed by atoms with Gasteiger partial charge in [0.2, 0.25) is 0 Å². The number of aryl methyl sites for hydroxylation is 1. The maximum Gasteiger partial charge on any atom is 0.434 e. The molecule has 0 saturated heterocycles. The average molecular weight is 221 g/mol. The Bertz CT molecular complexity index is 328. The van der Waals surface area contributed by atoms with Crippen molar-refractivity contribution in [1.29, 1.82) is 0 Å². The lowest BCUT2D eigenvalue weighted by Crippen LogP contribution is -2.18. The van der Waals surface area contributed by atoms with E-state index in [1.54, 1.807) is 13.8 Å². The maximum absolute atomic E-state index is 12.7. The van der Waals surface area contributed by atoms with E-state index < -0.39 is 11.9 Å². The molecule has 1 heterocycles. The first kappa shape index (κ1) is 12.0. The number of alkyl halides is 3. The van der Waals surface area contributed by atoms with E-state index in [0.717, 1.165) is 4.68 Å². The Morgan fingerprint density at radius 2 is 1.93 bits per heavy atom. The molecule has 0 aromatic carbocycles. The number of aromatic nitrogens is 3. The zero-order valence-corrected chi connectivity index (χ0v) is 8.97. The molecule has 1 aromatic heterocycles. The van der Waals surface area contributed by atoms with Crippen molar-refractivity contribution >= 4 is 0 Å². The minimum atomic E-state index is -4.38. The van der Waals surface area contributed by atoms with E-state index in [9.17, 15) is 13.2 Å². The van der Waals surface area contributed by atoms with Crippen molar-refractivity contribution in [2.45, 2.75) is 45.8 Å². The Morgan fingerprint density at radius 3 is 2.33 bits per heavy atom. The molecule has 0 fully saturated rings. The molecule has 1 rings (SSSR count). The molecule has 0 aliphatic carbocycles. The maximum atomic E-state index is 12.7. The molecule has 0 aliphatic rings. The smallest absolute Gasteiger partial charge is 0.237 e. The quantitative estimate of drug-likeness (QED) is 0.785. The monoisotopic (exact) mass is 221 g/mol. The highest BCUT2D eigenvalue weighted by Gasteiger charge is 2.39. The first-order valence-electron chi connectivity index (χ1n) is 4.89. The summed E-state index contributed by atoms with van der Waals surface area (Å²) in [5, 5.41) is 7.13. The average Bonchev–Trinajstić information content (AvgIpc) is 2.47. The van der Waals surface area contributed by atoms with Gasteiger partial charge < -0.3 is 0 Å². The minimum Gasteiger partial charge on any atom is -0.237 e. The zero-order chi connectivity index (χ0) is 11.6. The highest BCUT2D eigenvalue weighted by Crippen LogP contribution is 2.32. The minimum absolute atomic E-state index is 0.0405. The fraction of sp³-hybridized carbons (Fsp3) is 0.778. The molecule has 6 heteroatoms. The number of hydrogen-bond donors (Lipinski definition) is 0. The molecule has 15 heavy (non-hydrogen) atoms. The van der Waals surface area contributed by atoms with E-state index in [4.69, 9.17) is 0 Å². The van der Waals surface area contributed by atoms with E-state index in [0.29, 0.717) is 12.8 Å². The van der Waals surface area contributed by atoms with E-state index in [2.05, 4.69) is 10.3 Å². The molecule has 0 bridgehead atoms. The molecule has 86 valence electrons. The van der Waals surface area contributed by atoms with Gasteiger partial charge in [0.05, 0.1) is 5.69 Å². The van der Waals surface area contributed by atoms with Gasteiger partial charge in [0.1, 0.15) is 0 Å². The van der Waals surface area contributed by atoms with Crippen LogP contribution in [0.1, 0.15) is 44.6 Å². The van der Waals surface area contributed by atoms with E-state index >= 15 is 0 Å². The SMILES string of the molecule is CCCc1nnn(C(C)C)c1C(F)(F)F. The third kappa shape index (κ3) is 2.49. The van der Waals surface area contributed by atoms with E-state index in [1.807, 2.05) is 6.92 Å². The summed E-state index contributed by atoms with van der Waals surface area (Å²) in [7, 11) is 0. The molecule has 0 spiro atoms. The van der Waals surface area contributed by atoms with Crippen molar-refractivity contribution in [1.82, 2.24) is 15.0 Å². The molecule has 1 aromatic rings. The standard InChI is InChI=1S/C9H14F3N3/c1-4-5-7-8(9(10,11)12)15(6(2)3)14-13-7/h6H,4-5H2,1-3H3. The summed E-state index contributed by atoms with van der Waals surface area (Å²) in [4.78, 5) is 0. The largest absolute Gasteiger partial charge is 0.434 e. The van der Waals surface area contributed by atoms with Crippen LogP contribution in [0.25, 0.3) is 0 Å². The third-order valence-electron chi connectivity index (χ3n) is 2.01. The lowest BCUT2D eigenvalue weighted by atomic mass is 10.2. The summed E-state index contributed by atoms with van der Waals surface area (Å²) < 4.78 is 39.1. The van der Waals surface area contributed by atoms with Crippen molar-refractivity contribution in [3.8, 4) is 0 Å². The van der Waals surface area contributed by atoms with Crippen molar-refractivity contribution < 1.29 is 13.2 Å². The lowest BCUT2D eigenvalue weighted by molar-refractivity contribution is -0.145. The second kappa shape index (κ2) is 4.20. The predicted molar refractivity (Wildman–Crippen MR) is 49.4 cm³/mol. The van der Waals surface area contributed by atoms with Crippen LogP contribution in [0.2, 0.25) is 0 Å². The van der Waals surface area contributed by atoms with E-state index in [1.165, 1.54) is 0 Å². The second-order valence-electron chi connectivity index (χ2n) is 3.67. The van der Waals surface area contributed by atoms with Gasteiger partial charge in [-0.25, -0.2) is 4.68 Å². The van der Waals surface area contributed by atoms with Crippen molar-refractivity contribution in [3.05, 3.63) is 11.4 Å². The van der Waals surface area contributed by atoms with Crippen LogP contribution in [0, 0.1) is 0 Å². The highest BCUT2D eigenvalue weighted by atomic mass is 19.4. The highest BCUT2D eigenvalue weighted by molar-refractivity contribution is 5.14. The molecule has 3 nitrogen and oxygen atoms in total. The van der Waals surface area contributed by atoms with Gasteiger partial charge in [-0.3, -0.25) is 0 Å². The van der Waals surface area contributed by atoms with Crippen LogP contribution in [0.3, 0.4) is 0 Å². The number of rotatable bonds is 3. The normalized spacial score (nSPS) is 12.5. The molecular formula is C9H14F3N3. The third-order valence-corrected chi connectivity index (χ3v) is 2.01. The second-order valence-corrected chi connectivity index (χ2v) is 3.67. The fourth-order valence-electron chi connectivity index (χ4n) is 1.39. The molecule has 0 unspecified atom stereocenters.